The van der Waals surface area contributed by atoms with Crippen LogP contribution in [0.25, 0.3) is 0 Å². The van der Waals surface area contributed by atoms with Gasteiger partial charge in [-0.1, -0.05) is 36.4 Å². The smallest absolute Gasteiger partial charge is 0.0721 e. The molecule has 1 aromatic rings. The van der Waals surface area contributed by atoms with Gasteiger partial charge in [0.15, 0.2) is 0 Å². The number of hydrogen-bond acceptors (Lipinski definition) is 3. The lowest BCUT2D eigenvalue weighted by Gasteiger charge is -2.10. The number of hydrogen-bond donors (Lipinski definition) is 0. The third kappa shape index (κ3) is 7.61. The van der Waals surface area contributed by atoms with Gasteiger partial charge in [0.25, 0.3) is 0 Å². The molecule has 1 aromatic carbocycles. The summed E-state index contributed by atoms with van der Waals surface area (Å²) in [6.45, 7) is 14.2. The lowest BCUT2D eigenvalue weighted by atomic mass is 10.1. The molecule has 0 atom stereocenters. The molecule has 0 N–H and O–H groups in total. The van der Waals surface area contributed by atoms with Crippen molar-refractivity contribution in [2.24, 2.45) is 0 Å². The first-order valence-corrected chi connectivity index (χ1v) is 6.97. The van der Waals surface area contributed by atoms with Crippen LogP contribution >= 0.6 is 0 Å². The van der Waals surface area contributed by atoms with Crippen LogP contribution in [-0.4, -0.2) is 19.8 Å². The Labute approximate surface area is 127 Å². The van der Waals surface area contributed by atoms with Crippen molar-refractivity contribution < 1.29 is 14.2 Å². The van der Waals surface area contributed by atoms with E-state index in [-0.39, 0.29) is 0 Å². The largest absolute Gasteiger partial charge is 0.373 e. The van der Waals surface area contributed by atoms with Gasteiger partial charge in [-0.05, 0) is 16.7 Å². The van der Waals surface area contributed by atoms with Crippen molar-refractivity contribution in [3.63, 3.8) is 0 Å². The maximum absolute atomic E-state index is 5.50. The fraction of sp³-hybridized carbons (Fsp3) is 0.333. The van der Waals surface area contributed by atoms with Crippen molar-refractivity contribution in [2.75, 3.05) is 19.8 Å². The highest BCUT2D eigenvalue weighted by molar-refractivity contribution is 5.29. The normalized spacial score (nSPS) is 10.3. The minimum absolute atomic E-state index is 0.541. The van der Waals surface area contributed by atoms with Crippen molar-refractivity contribution in [1.82, 2.24) is 0 Å². The molecule has 0 bridgehead atoms. The lowest BCUT2D eigenvalue weighted by molar-refractivity contribution is 0.140. The van der Waals surface area contributed by atoms with Crippen LogP contribution in [0.4, 0.5) is 0 Å². The van der Waals surface area contributed by atoms with Crippen molar-refractivity contribution in [2.45, 2.75) is 19.8 Å². The Morgan fingerprint density at radius 3 is 1.14 bits per heavy atom. The van der Waals surface area contributed by atoms with Gasteiger partial charge in [0.1, 0.15) is 0 Å². The van der Waals surface area contributed by atoms with Gasteiger partial charge in [0.05, 0.1) is 39.6 Å². The first-order valence-electron chi connectivity index (χ1n) is 6.97. The summed E-state index contributed by atoms with van der Waals surface area (Å²) in [5.41, 5.74) is 3.32. The average Bonchev–Trinajstić information content (AvgIpc) is 2.48. The fourth-order valence-corrected chi connectivity index (χ4v) is 1.87. The highest BCUT2D eigenvalue weighted by Crippen LogP contribution is 2.14. The number of benzene rings is 1. The molecule has 0 spiro atoms. The van der Waals surface area contributed by atoms with E-state index in [1.165, 1.54) is 0 Å². The molecule has 0 saturated carbocycles. The van der Waals surface area contributed by atoms with Crippen LogP contribution < -0.4 is 0 Å². The predicted molar refractivity (Wildman–Crippen MR) is 86.0 cm³/mol. The van der Waals surface area contributed by atoms with E-state index in [2.05, 4.69) is 37.9 Å². The zero-order valence-electron chi connectivity index (χ0n) is 12.6. The molecular weight excluding hydrogens is 264 g/mol. The number of rotatable bonds is 12. The number of ether oxygens (including phenoxy) is 3. The van der Waals surface area contributed by atoms with E-state index in [0.29, 0.717) is 39.6 Å². The van der Waals surface area contributed by atoms with Gasteiger partial charge >= 0.3 is 0 Å². The molecule has 0 fully saturated rings. The fourth-order valence-electron chi connectivity index (χ4n) is 1.87. The monoisotopic (exact) mass is 288 g/mol. The molecule has 3 nitrogen and oxygen atoms in total. The van der Waals surface area contributed by atoms with Gasteiger partial charge in [-0.2, -0.15) is 0 Å². The first kappa shape index (κ1) is 17.4. The minimum atomic E-state index is 0.541. The molecule has 0 aromatic heterocycles. The second kappa shape index (κ2) is 11.0. The van der Waals surface area contributed by atoms with Crippen molar-refractivity contribution in [1.29, 1.82) is 0 Å². The van der Waals surface area contributed by atoms with E-state index in [1.54, 1.807) is 18.2 Å². The molecule has 0 amide bonds. The summed E-state index contributed by atoms with van der Waals surface area (Å²) in [6, 6.07) is 6.26. The van der Waals surface area contributed by atoms with E-state index in [4.69, 9.17) is 14.2 Å². The van der Waals surface area contributed by atoms with E-state index in [0.717, 1.165) is 16.7 Å². The van der Waals surface area contributed by atoms with Crippen LogP contribution in [0.15, 0.2) is 56.2 Å². The highest BCUT2D eigenvalue weighted by atomic mass is 16.5. The van der Waals surface area contributed by atoms with Crippen LogP contribution in [0.2, 0.25) is 0 Å². The summed E-state index contributed by atoms with van der Waals surface area (Å²) in [4.78, 5) is 0. The van der Waals surface area contributed by atoms with Crippen LogP contribution in [0, 0.1) is 0 Å². The molecule has 3 heteroatoms. The molecular formula is C18H24O3. The van der Waals surface area contributed by atoms with Gasteiger partial charge < -0.3 is 14.2 Å². The maximum Gasteiger partial charge on any atom is 0.0721 e. The van der Waals surface area contributed by atoms with Gasteiger partial charge in [0.2, 0.25) is 0 Å². The van der Waals surface area contributed by atoms with Gasteiger partial charge in [0, 0.05) is 0 Å². The minimum Gasteiger partial charge on any atom is -0.373 e. The highest BCUT2D eigenvalue weighted by Gasteiger charge is 2.03. The van der Waals surface area contributed by atoms with Crippen LogP contribution in [0.3, 0.4) is 0 Å². The summed E-state index contributed by atoms with van der Waals surface area (Å²) in [7, 11) is 0. The summed E-state index contributed by atoms with van der Waals surface area (Å²) in [5, 5.41) is 0. The molecule has 0 aliphatic heterocycles. The first-order chi connectivity index (χ1) is 10.3. The summed E-state index contributed by atoms with van der Waals surface area (Å²) in [6.07, 6.45) is 5.22. The van der Waals surface area contributed by atoms with Crippen molar-refractivity contribution in [3.05, 3.63) is 72.9 Å². The molecule has 0 radical (unpaired) electrons. The van der Waals surface area contributed by atoms with E-state index < -0.39 is 0 Å². The van der Waals surface area contributed by atoms with Crippen LogP contribution in [0.1, 0.15) is 16.7 Å². The molecule has 1 rings (SSSR count). The van der Waals surface area contributed by atoms with Crippen molar-refractivity contribution >= 4 is 0 Å². The van der Waals surface area contributed by atoms with Crippen molar-refractivity contribution in [3.8, 4) is 0 Å². The Morgan fingerprint density at radius 1 is 0.619 bits per heavy atom. The molecule has 0 unspecified atom stereocenters. The summed E-state index contributed by atoms with van der Waals surface area (Å²) in [5.74, 6) is 0. The quantitative estimate of drug-likeness (QED) is 0.432. The standard InChI is InChI=1S/C18H24O3/c1-4-7-19-13-16-10-17(14-20-8-5-2)12-18(11-16)15-21-9-6-3/h4-6,10-12H,1-3,7-9,13-15H2. The van der Waals surface area contributed by atoms with Crippen LogP contribution in [-0.2, 0) is 34.0 Å². The third-order valence-corrected chi connectivity index (χ3v) is 2.63. The molecule has 21 heavy (non-hydrogen) atoms. The second-order valence-corrected chi connectivity index (χ2v) is 4.57. The lowest BCUT2D eigenvalue weighted by Crippen LogP contribution is -2.01. The Hall–Kier alpha value is -1.68. The Bertz CT molecular complexity index is 373. The predicted octanol–water partition coefficient (Wildman–Crippen LogP) is 3.79. The zero-order valence-corrected chi connectivity index (χ0v) is 12.6. The Balaban J connectivity index is 2.71. The molecule has 0 aliphatic carbocycles. The topological polar surface area (TPSA) is 27.7 Å². The zero-order chi connectivity index (χ0) is 15.3. The Morgan fingerprint density at radius 2 is 0.905 bits per heavy atom. The molecule has 0 heterocycles. The molecule has 0 saturated heterocycles. The van der Waals surface area contributed by atoms with E-state index in [1.807, 2.05) is 0 Å². The van der Waals surface area contributed by atoms with Gasteiger partial charge in [-0.3, -0.25) is 0 Å². The second-order valence-electron chi connectivity index (χ2n) is 4.57. The van der Waals surface area contributed by atoms with Gasteiger partial charge in [-0.25, -0.2) is 0 Å². The molecule has 0 aliphatic rings. The summed E-state index contributed by atoms with van der Waals surface area (Å²) < 4.78 is 16.5. The Kier molecular flexibility index (Phi) is 9.13. The van der Waals surface area contributed by atoms with E-state index >= 15 is 0 Å². The third-order valence-electron chi connectivity index (χ3n) is 2.63. The maximum atomic E-state index is 5.50. The summed E-state index contributed by atoms with van der Waals surface area (Å²) >= 11 is 0. The van der Waals surface area contributed by atoms with E-state index in [9.17, 15) is 0 Å². The van der Waals surface area contributed by atoms with Gasteiger partial charge in [-0.15, -0.1) is 19.7 Å². The SMILES string of the molecule is C=CCOCc1cc(COCC=C)cc(COCC=C)c1. The average molecular weight is 288 g/mol. The molecule has 114 valence electrons. The van der Waals surface area contributed by atoms with Crippen LogP contribution in [0.5, 0.6) is 0 Å².